The van der Waals surface area contributed by atoms with Crippen molar-refractivity contribution in [3.8, 4) is 11.3 Å². The molecule has 6 nitrogen and oxygen atoms in total. The van der Waals surface area contributed by atoms with Crippen LogP contribution in [0.25, 0.3) is 28.5 Å². The summed E-state index contributed by atoms with van der Waals surface area (Å²) in [5.41, 5.74) is 1.81. The van der Waals surface area contributed by atoms with E-state index in [0.717, 1.165) is 12.0 Å². The second kappa shape index (κ2) is 7.17. The van der Waals surface area contributed by atoms with Crippen LogP contribution in [-0.4, -0.2) is 22.4 Å². The second-order valence-electron chi connectivity index (χ2n) is 5.71. The third-order valence-electron chi connectivity index (χ3n) is 3.82. The number of H-pyrrole nitrogens is 1. The molecule has 0 spiro atoms. The molecule has 0 unspecified atom stereocenters. The molecule has 0 saturated heterocycles. The number of hydrogen-bond acceptors (Lipinski definition) is 4. The molecule has 0 atom stereocenters. The van der Waals surface area contributed by atoms with Gasteiger partial charge < -0.3 is 14.7 Å². The van der Waals surface area contributed by atoms with Gasteiger partial charge in [-0.2, -0.15) is 0 Å². The van der Waals surface area contributed by atoms with Gasteiger partial charge in [0.25, 0.3) is 5.56 Å². The Morgan fingerprint density at radius 1 is 1.32 bits per heavy atom. The number of aromatic nitrogens is 2. The summed E-state index contributed by atoms with van der Waals surface area (Å²) in [6.07, 6.45) is 3.83. The van der Waals surface area contributed by atoms with Gasteiger partial charge in [-0.1, -0.05) is 37.3 Å². The highest BCUT2D eigenvalue weighted by Crippen LogP contribution is 2.32. The molecule has 2 aromatic heterocycles. The third-order valence-corrected chi connectivity index (χ3v) is 3.82. The van der Waals surface area contributed by atoms with Crippen LogP contribution in [0, 0.1) is 0 Å². The van der Waals surface area contributed by atoms with Crippen molar-refractivity contribution in [1.82, 2.24) is 15.3 Å². The maximum absolute atomic E-state index is 12.3. The van der Waals surface area contributed by atoms with Crippen molar-refractivity contribution in [3.05, 3.63) is 58.1 Å². The topological polar surface area (TPSA) is 88.0 Å². The van der Waals surface area contributed by atoms with E-state index in [4.69, 9.17) is 4.42 Å². The molecule has 0 aliphatic heterocycles. The lowest BCUT2D eigenvalue weighted by molar-refractivity contribution is -0.117. The van der Waals surface area contributed by atoms with Crippen LogP contribution < -0.4 is 10.9 Å². The second-order valence-corrected chi connectivity index (χ2v) is 5.71. The monoisotopic (exact) mass is 337 g/mol. The van der Waals surface area contributed by atoms with Crippen molar-refractivity contribution in [2.24, 2.45) is 0 Å². The zero-order chi connectivity index (χ0) is 17.8. The van der Waals surface area contributed by atoms with E-state index in [1.54, 1.807) is 13.0 Å². The lowest BCUT2D eigenvalue weighted by Gasteiger charge is -2.04. The fourth-order valence-electron chi connectivity index (χ4n) is 2.57. The van der Waals surface area contributed by atoms with Gasteiger partial charge in [0.1, 0.15) is 11.1 Å². The predicted octanol–water partition coefficient (Wildman–Crippen LogP) is 3.11. The number of carbonyl (C=O) groups excluding carboxylic acids is 1. The van der Waals surface area contributed by atoms with E-state index in [9.17, 15) is 9.59 Å². The summed E-state index contributed by atoms with van der Waals surface area (Å²) in [6, 6.07) is 9.44. The smallest absolute Gasteiger partial charge is 0.262 e. The third kappa shape index (κ3) is 3.38. The molecule has 0 saturated carbocycles. The number of fused-ring (bicyclic) bond motifs is 1. The van der Waals surface area contributed by atoms with E-state index in [2.05, 4.69) is 15.3 Å². The first-order chi connectivity index (χ1) is 12.1. The number of amides is 1. The number of nitrogens with zero attached hydrogens (tertiary/aromatic N) is 1. The Morgan fingerprint density at radius 3 is 2.80 bits per heavy atom. The summed E-state index contributed by atoms with van der Waals surface area (Å²) < 4.78 is 5.82. The van der Waals surface area contributed by atoms with Crippen LogP contribution in [0.4, 0.5) is 0 Å². The molecule has 0 aliphatic rings. The Kier molecular flexibility index (Phi) is 4.79. The molecule has 0 aliphatic carbocycles. The Labute approximate surface area is 144 Å². The van der Waals surface area contributed by atoms with E-state index >= 15 is 0 Å². The van der Waals surface area contributed by atoms with E-state index in [0.29, 0.717) is 28.8 Å². The van der Waals surface area contributed by atoms with Crippen molar-refractivity contribution in [2.45, 2.75) is 20.3 Å². The molecule has 6 heteroatoms. The van der Waals surface area contributed by atoms with Gasteiger partial charge in [-0.05, 0) is 19.4 Å². The number of benzene rings is 1. The molecule has 0 radical (unpaired) electrons. The van der Waals surface area contributed by atoms with E-state index < -0.39 is 0 Å². The maximum Gasteiger partial charge on any atom is 0.262 e. The van der Waals surface area contributed by atoms with Gasteiger partial charge in [-0.15, -0.1) is 0 Å². The molecule has 3 rings (SSSR count). The van der Waals surface area contributed by atoms with Crippen molar-refractivity contribution in [3.63, 3.8) is 0 Å². The average molecular weight is 337 g/mol. The molecule has 1 aromatic carbocycles. The molecule has 0 fully saturated rings. The van der Waals surface area contributed by atoms with Crippen LogP contribution in [0.1, 0.15) is 25.8 Å². The SMILES string of the molecule is CCCNC(=O)/C(C)=C/c1c(-c2ccccc2)oc2nc[nH]c(=O)c12. The summed E-state index contributed by atoms with van der Waals surface area (Å²) >= 11 is 0. The molecule has 0 bridgehead atoms. The molecule has 128 valence electrons. The molecular weight excluding hydrogens is 318 g/mol. The highest BCUT2D eigenvalue weighted by Gasteiger charge is 2.19. The van der Waals surface area contributed by atoms with Crippen LogP contribution in [0.2, 0.25) is 0 Å². The first-order valence-corrected chi connectivity index (χ1v) is 8.14. The summed E-state index contributed by atoms with van der Waals surface area (Å²) in [6.45, 7) is 4.30. The first kappa shape index (κ1) is 16.7. The van der Waals surface area contributed by atoms with Gasteiger partial charge >= 0.3 is 0 Å². The number of furan rings is 1. The molecule has 2 N–H and O–H groups in total. The van der Waals surface area contributed by atoms with E-state index in [1.807, 2.05) is 37.3 Å². The van der Waals surface area contributed by atoms with Gasteiger partial charge in [-0.3, -0.25) is 9.59 Å². The standard InChI is InChI=1S/C19H19N3O3/c1-3-9-20-17(23)12(2)10-14-15-18(24)21-11-22-19(15)25-16(14)13-7-5-4-6-8-13/h4-8,10-11H,3,9H2,1-2H3,(H,20,23)(H,21,22,24)/b12-10+. The highest BCUT2D eigenvalue weighted by molar-refractivity contribution is 6.01. The summed E-state index contributed by atoms with van der Waals surface area (Å²) in [5.74, 6) is 0.345. The molecule has 2 heterocycles. The van der Waals surface area contributed by atoms with Crippen molar-refractivity contribution in [2.75, 3.05) is 6.54 Å². The summed E-state index contributed by atoms with van der Waals surface area (Å²) in [7, 11) is 0. The van der Waals surface area contributed by atoms with Crippen LogP contribution in [0.5, 0.6) is 0 Å². The zero-order valence-corrected chi connectivity index (χ0v) is 14.1. The predicted molar refractivity (Wildman–Crippen MR) is 97.0 cm³/mol. The van der Waals surface area contributed by atoms with E-state index in [1.165, 1.54) is 6.33 Å². The summed E-state index contributed by atoms with van der Waals surface area (Å²) in [5, 5.41) is 3.16. The molecular formula is C19H19N3O3. The number of hydrogen-bond donors (Lipinski definition) is 2. The fourth-order valence-corrected chi connectivity index (χ4v) is 2.57. The van der Waals surface area contributed by atoms with Crippen molar-refractivity contribution < 1.29 is 9.21 Å². The molecule has 25 heavy (non-hydrogen) atoms. The largest absolute Gasteiger partial charge is 0.437 e. The van der Waals surface area contributed by atoms with Crippen molar-refractivity contribution in [1.29, 1.82) is 0 Å². The minimum atomic E-state index is -0.302. The van der Waals surface area contributed by atoms with Crippen LogP contribution in [0.15, 0.2) is 51.4 Å². The minimum Gasteiger partial charge on any atom is -0.437 e. The van der Waals surface area contributed by atoms with Crippen LogP contribution in [-0.2, 0) is 4.79 Å². The lowest BCUT2D eigenvalue weighted by Crippen LogP contribution is -2.24. The van der Waals surface area contributed by atoms with Gasteiger partial charge in [0.15, 0.2) is 0 Å². The first-order valence-electron chi connectivity index (χ1n) is 8.14. The van der Waals surface area contributed by atoms with E-state index in [-0.39, 0.29) is 17.2 Å². The lowest BCUT2D eigenvalue weighted by atomic mass is 10.0. The Morgan fingerprint density at radius 2 is 2.08 bits per heavy atom. The molecule has 3 aromatic rings. The number of rotatable bonds is 5. The van der Waals surface area contributed by atoms with Gasteiger partial charge in [-0.25, -0.2) is 4.98 Å². The average Bonchev–Trinajstić information content (AvgIpc) is 3.00. The Hall–Kier alpha value is -3.15. The van der Waals surface area contributed by atoms with Crippen molar-refractivity contribution >= 4 is 23.1 Å². The Bertz CT molecular complexity index is 984. The fraction of sp³-hybridized carbons (Fsp3) is 0.211. The van der Waals surface area contributed by atoms with Gasteiger partial charge in [0, 0.05) is 23.2 Å². The minimum absolute atomic E-state index is 0.171. The maximum atomic E-state index is 12.3. The molecule has 1 amide bonds. The number of carbonyl (C=O) groups is 1. The highest BCUT2D eigenvalue weighted by atomic mass is 16.3. The van der Waals surface area contributed by atoms with Crippen LogP contribution >= 0.6 is 0 Å². The van der Waals surface area contributed by atoms with Gasteiger partial charge in [0.2, 0.25) is 11.6 Å². The Balaban J connectivity index is 2.18. The van der Waals surface area contributed by atoms with Gasteiger partial charge in [0.05, 0.1) is 6.33 Å². The normalized spacial score (nSPS) is 11.7. The summed E-state index contributed by atoms with van der Waals surface area (Å²) in [4.78, 5) is 31.1. The van der Waals surface area contributed by atoms with Crippen LogP contribution in [0.3, 0.4) is 0 Å². The quantitative estimate of drug-likeness (QED) is 0.700. The number of nitrogens with one attached hydrogen (secondary N) is 2. The zero-order valence-electron chi connectivity index (χ0n) is 14.1. The number of aromatic amines is 1.